The second-order valence-electron chi connectivity index (χ2n) is 6.49. The summed E-state index contributed by atoms with van der Waals surface area (Å²) in [6.45, 7) is 3.66. The number of aromatic hydroxyl groups is 1. The van der Waals surface area contributed by atoms with Crippen LogP contribution >= 0.6 is 0 Å². The van der Waals surface area contributed by atoms with Crippen LogP contribution in [-0.4, -0.2) is 18.3 Å². The van der Waals surface area contributed by atoms with Crippen LogP contribution in [0.15, 0.2) is 18.2 Å². The summed E-state index contributed by atoms with van der Waals surface area (Å²) in [6.07, 6.45) is 4.61. The molecule has 1 N–H and O–H groups in total. The lowest BCUT2D eigenvalue weighted by Gasteiger charge is -2.37. The van der Waals surface area contributed by atoms with E-state index in [0.29, 0.717) is 30.6 Å². The van der Waals surface area contributed by atoms with Crippen LogP contribution in [0.2, 0.25) is 0 Å². The van der Waals surface area contributed by atoms with Gasteiger partial charge < -0.3 is 14.6 Å². The molecule has 1 aliphatic heterocycles. The normalized spacial score (nSPS) is 33.8. The van der Waals surface area contributed by atoms with Gasteiger partial charge in [0.15, 0.2) is 17.9 Å². The maximum absolute atomic E-state index is 13.4. The molecule has 1 heterocycles. The molecule has 1 aromatic rings. The van der Waals surface area contributed by atoms with Crippen molar-refractivity contribution in [2.75, 3.05) is 13.2 Å². The Morgan fingerprint density at radius 3 is 2.33 bits per heavy atom. The summed E-state index contributed by atoms with van der Waals surface area (Å²) in [6, 6.07) is 4.26. The van der Waals surface area contributed by atoms with Crippen molar-refractivity contribution in [2.45, 2.75) is 38.9 Å². The van der Waals surface area contributed by atoms with E-state index in [2.05, 4.69) is 6.92 Å². The first-order chi connectivity index (χ1) is 10.1. The minimum absolute atomic E-state index is 0.344. The third kappa shape index (κ3) is 3.38. The van der Waals surface area contributed by atoms with Crippen LogP contribution in [-0.2, 0) is 9.47 Å². The number of hydrogen-bond donors (Lipinski definition) is 1. The van der Waals surface area contributed by atoms with E-state index in [1.54, 1.807) is 6.07 Å². The van der Waals surface area contributed by atoms with Gasteiger partial charge in [-0.15, -0.1) is 0 Å². The van der Waals surface area contributed by atoms with E-state index in [1.807, 2.05) is 0 Å². The Morgan fingerprint density at radius 2 is 1.71 bits per heavy atom. The first kappa shape index (κ1) is 14.8. The Hall–Kier alpha value is -1.13. The van der Waals surface area contributed by atoms with Crippen molar-refractivity contribution < 1.29 is 19.0 Å². The highest BCUT2D eigenvalue weighted by Crippen LogP contribution is 2.37. The van der Waals surface area contributed by atoms with Gasteiger partial charge in [0, 0.05) is 11.5 Å². The van der Waals surface area contributed by atoms with E-state index < -0.39 is 12.1 Å². The van der Waals surface area contributed by atoms with Gasteiger partial charge in [-0.25, -0.2) is 4.39 Å². The Morgan fingerprint density at radius 1 is 1.05 bits per heavy atom. The standard InChI is InChI=1S/C17H23FO3/c1-11-2-4-12(5-3-11)14-9-20-17(21-10-14)13-6-7-16(19)15(18)8-13/h6-8,11-12,14,17,19H,2-5,9-10H2,1H3. The zero-order valence-corrected chi connectivity index (χ0v) is 12.4. The van der Waals surface area contributed by atoms with Gasteiger partial charge in [0.05, 0.1) is 13.2 Å². The summed E-state index contributed by atoms with van der Waals surface area (Å²) in [7, 11) is 0. The Bertz CT molecular complexity index is 475. The number of hydrogen-bond acceptors (Lipinski definition) is 3. The zero-order chi connectivity index (χ0) is 14.8. The maximum atomic E-state index is 13.4. The van der Waals surface area contributed by atoms with E-state index in [-0.39, 0.29) is 5.75 Å². The Kier molecular flexibility index (Phi) is 4.45. The van der Waals surface area contributed by atoms with Crippen LogP contribution < -0.4 is 0 Å². The third-order valence-electron chi connectivity index (χ3n) is 4.89. The topological polar surface area (TPSA) is 38.7 Å². The Balaban J connectivity index is 1.56. The van der Waals surface area contributed by atoms with Crippen LogP contribution in [0.25, 0.3) is 0 Å². The van der Waals surface area contributed by atoms with Crippen LogP contribution in [0.4, 0.5) is 4.39 Å². The molecule has 1 aromatic carbocycles. The fourth-order valence-electron chi connectivity index (χ4n) is 3.41. The van der Waals surface area contributed by atoms with E-state index >= 15 is 0 Å². The summed E-state index contributed by atoms with van der Waals surface area (Å²) >= 11 is 0. The minimum Gasteiger partial charge on any atom is -0.505 e. The molecule has 0 atom stereocenters. The SMILES string of the molecule is CC1CCC(C2COC(c3ccc(O)c(F)c3)OC2)CC1. The van der Waals surface area contributed by atoms with E-state index in [4.69, 9.17) is 9.47 Å². The lowest BCUT2D eigenvalue weighted by molar-refractivity contribution is -0.214. The van der Waals surface area contributed by atoms with E-state index in [0.717, 1.165) is 5.92 Å². The van der Waals surface area contributed by atoms with Crippen molar-refractivity contribution in [1.82, 2.24) is 0 Å². The van der Waals surface area contributed by atoms with Gasteiger partial charge in [-0.1, -0.05) is 25.8 Å². The molecule has 116 valence electrons. The molecule has 0 aromatic heterocycles. The fraction of sp³-hybridized carbons (Fsp3) is 0.647. The number of halogens is 1. The summed E-state index contributed by atoms with van der Waals surface area (Å²) in [5, 5.41) is 9.22. The molecule has 4 heteroatoms. The minimum atomic E-state index is -0.636. The number of rotatable bonds is 2. The molecule has 2 aliphatic rings. The average Bonchev–Trinajstić information content (AvgIpc) is 2.51. The Labute approximate surface area is 125 Å². The van der Waals surface area contributed by atoms with Crippen molar-refractivity contribution in [3.05, 3.63) is 29.6 Å². The molecule has 21 heavy (non-hydrogen) atoms. The highest BCUT2D eigenvalue weighted by Gasteiger charge is 2.31. The lowest BCUT2D eigenvalue weighted by Crippen LogP contribution is -2.34. The van der Waals surface area contributed by atoms with Crippen molar-refractivity contribution in [3.8, 4) is 5.75 Å². The molecule has 3 nitrogen and oxygen atoms in total. The van der Waals surface area contributed by atoms with Crippen molar-refractivity contribution >= 4 is 0 Å². The molecular formula is C17H23FO3. The van der Waals surface area contributed by atoms with Gasteiger partial charge in [0.2, 0.25) is 0 Å². The maximum Gasteiger partial charge on any atom is 0.183 e. The number of benzene rings is 1. The first-order valence-corrected chi connectivity index (χ1v) is 7.85. The molecule has 1 aliphatic carbocycles. The molecule has 0 spiro atoms. The average molecular weight is 294 g/mol. The molecule has 2 fully saturated rings. The molecule has 0 amide bonds. The molecular weight excluding hydrogens is 271 g/mol. The van der Waals surface area contributed by atoms with E-state index in [1.165, 1.54) is 37.8 Å². The third-order valence-corrected chi connectivity index (χ3v) is 4.89. The zero-order valence-electron chi connectivity index (χ0n) is 12.4. The molecule has 1 saturated heterocycles. The largest absolute Gasteiger partial charge is 0.505 e. The second kappa shape index (κ2) is 6.32. The van der Waals surface area contributed by atoms with Crippen LogP contribution in [0.3, 0.4) is 0 Å². The van der Waals surface area contributed by atoms with Gasteiger partial charge in [0.25, 0.3) is 0 Å². The second-order valence-corrected chi connectivity index (χ2v) is 6.49. The predicted octanol–water partition coefficient (Wildman–Crippen LogP) is 4.02. The van der Waals surface area contributed by atoms with Gasteiger partial charge in [-0.2, -0.15) is 0 Å². The highest BCUT2D eigenvalue weighted by atomic mass is 19.1. The van der Waals surface area contributed by atoms with Crippen LogP contribution in [0.1, 0.15) is 44.5 Å². The van der Waals surface area contributed by atoms with Crippen LogP contribution in [0, 0.1) is 23.6 Å². The van der Waals surface area contributed by atoms with E-state index in [9.17, 15) is 9.50 Å². The summed E-state index contributed by atoms with van der Waals surface area (Å²) in [5.74, 6) is 1.01. The van der Waals surface area contributed by atoms with Gasteiger partial charge in [-0.3, -0.25) is 0 Å². The number of phenols is 1. The smallest absolute Gasteiger partial charge is 0.183 e. The molecule has 0 radical (unpaired) electrons. The quantitative estimate of drug-likeness (QED) is 0.895. The van der Waals surface area contributed by atoms with Gasteiger partial charge >= 0.3 is 0 Å². The van der Waals surface area contributed by atoms with Crippen molar-refractivity contribution in [1.29, 1.82) is 0 Å². The van der Waals surface area contributed by atoms with Crippen LogP contribution in [0.5, 0.6) is 5.75 Å². The number of ether oxygens (including phenoxy) is 2. The summed E-state index contributed by atoms with van der Waals surface area (Å²) in [4.78, 5) is 0. The molecule has 0 unspecified atom stereocenters. The summed E-state index contributed by atoms with van der Waals surface area (Å²) in [5.41, 5.74) is 0.626. The summed E-state index contributed by atoms with van der Waals surface area (Å²) < 4.78 is 24.9. The fourth-order valence-corrected chi connectivity index (χ4v) is 3.41. The van der Waals surface area contributed by atoms with Gasteiger partial charge in [0.1, 0.15) is 0 Å². The molecule has 3 rings (SSSR count). The number of phenolic OH excluding ortho intramolecular Hbond substituents is 1. The first-order valence-electron chi connectivity index (χ1n) is 7.85. The lowest BCUT2D eigenvalue weighted by atomic mass is 9.76. The predicted molar refractivity (Wildman–Crippen MR) is 77.3 cm³/mol. The molecule has 1 saturated carbocycles. The molecule has 0 bridgehead atoms. The van der Waals surface area contributed by atoms with Crippen molar-refractivity contribution in [2.24, 2.45) is 17.8 Å². The van der Waals surface area contributed by atoms with Gasteiger partial charge in [-0.05, 0) is 36.8 Å². The monoisotopic (exact) mass is 294 g/mol. The van der Waals surface area contributed by atoms with Crippen molar-refractivity contribution in [3.63, 3.8) is 0 Å². The highest BCUT2D eigenvalue weighted by molar-refractivity contribution is 5.28.